The first kappa shape index (κ1) is 31.6. The van der Waals surface area contributed by atoms with Gasteiger partial charge in [0.2, 0.25) is 5.76 Å². The highest BCUT2D eigenvalue weighted by molar-refractivity contribution is 6.10. The molecule has 0 aliphatic heterocycles. The lowest BCUT2D eigenvalue weighted by Crippen LogP contribution is -2.12. The fourth-order valence-electron chi connectivity index (χ4n) is 6.35. The average molecular weight is 675 g/mol. The number of hydrogen-bond acceptors (Lipinski definition) is 6. The van der Waals surface area contributed by atoms with Gasteiger partial charge in [-0.2, -0.15) is 0 Å². The van der Waals surface area contributed by atoms with Crippen molar-refractivity contribution in [3.63, 3.8) is 0 Å². The first-order valence-corrected chi connectivity index (χ1v) is 16.6. The minimum absolute atomic E-state index is 0.0777. The molecule has 4 heterocycles. The number of nitrogens with zero attached hydrogens (tertiary/aromatic N) is 4. The van der Waals surface area contributed by atoms with E-state index >= 15 is 0 Å². The van der Waals surface area contributed by atoms with Crippen molar-refractivity contribution in [3.8, 4) is 11.3 Å². The second kappa shape index (κ2) is 13.0. The van der Waals surface area contributed by atoms with Crippen LogP contribution in [0.15, 0.2) is 125 Å². The largest absolute Gasteiger partial charge is 0.364 e. The normalized spacial score (nSPS) is 11.4. The predicted molar refractivity (Wildman–Crippen MR) is 197 cm³/mol. The molecule has 8 rings (SSSR count). The number of rotatable bonds is 9. The zero-order valence-corrected chi connectivity index (χ0v) is 28.3. The molecule has 0 fully saturated rings. The fourth-order valence-corrected chi connectivity index (χ4v) is 6.35. The third kappa shape index (κ3) is 6.30. The van der Waals surface area contributed by atoms with Gasteiger partial charge in [-0.05, 0) is 50.1 Å². The van der Waals surface area contributed by atoms with E-state index in [1.165, 1.54) is 17.4 Å². The molecule has 2 amide bonds. The number of fused-ring (bicyclic) bond motifs is 2. The molecule has 0 aliphatic carbocycles. The molecule has 0 saturated heterocycles. The quantitative estimate of drug-likeness (QED) is 0.158. The van der Waals surface area contributed by atoms with Crippen LogP contribution in [0.3, 0.4) is 0 Å². The van der Waals surface area contributed by atoms with Crippen LogP contribution in [0.5, 0.6) is 0 Å². The number of hydrogen-bond donors (Lipinski definition) is 2. The Balaban J connectivity index is 1.08. The molecule has 51 heavy (non-hydrogen) atoms. The van der Waals surface area contributed by atoms with Crippen LogP contribution < -0.4 is 10.6 Å². The Morgan fingerprint density at radius 3 is 1.92 bits per heavy atom. The number of para-hydroxylation sites is 1. The summed E-state index contributed by atoms with van der Waals surface area (Å²) in [5.74, 6) is -0.655. The molecule has 0 radical (unpaired) electrons. The highest BCUT2D eigenvalue weighted by Gasteiger charge is 2.20. The Hall–Kier alpha value is -6.68. The maximum atomic E-state index is 13.5. The van der Waals surface area contributed by atoms with E-state index in [1.807, 2.05) is 54.9 Å². The maximum Gasteiger partial charge on any atom is 0.294 e. The van der Waals surface area contributed by atoms with Gasteiger partial charge in [0, 0.05) is 47.9 Å². The number of carbonyl (C=O) groups excluding carboxylic acids is 2. The number of nitrogens with one attached hydrogen (secondary N) is 2. The molecule has 10 nitrogen and oxygen atoms in total. The van der Waals surface area contributed by atoms with Crippen molar-refractivity contribution < 1.29 is 18.6 Å². The van der Waals surface area contributed by atoms with Crippen molar-refractivity contribution in [2.24, 2.45) is 0 Å². The van der Waals surface area contributed by atoms with Crippen LogP contribution in [-0.2, 0) is 13.1 Å². The van der Waals surface area contributed by atoms with Gasteiger partial charge in [0.1, 0.15) is 17.5 Å². The summed E-state index contributed by atoms with van der Waals surface area (Å²) in [5.41, 5.74) is 9.98. The van der Waals surface area contributed by atoms with Crippen LogP contribution in [0, 0.1) is 20.8 Å². The maximum absolute atomic E-state index is 13.5. The Kier molecular flexibility index (Phi) is 8.04. The van der Waals surface area contributed by atoms with Crippen molar-refractivity contribution in [2.75, 3.05) is 10.6 Å². The number of aromatic nitrogens is 4. The molecule has 0 saturated carbocycles. The number of anilines is 2. The zero-order valence-electron chi connectivity index (χ0n) is 28.3. The molecular weight excluding hydrogens is 640 g/mol. The van der Waals surface area contributed by atoms with Crippen molar-refractivity contribution in [2.45, 2.75) is 33.9 Å². The van der Waals surface area contributed by atoms with Gasteiger partial charge in [-0.25, -0.2) is 0 Å². The van der Waals surface area contributed by atoms with Crippen LogP contribution in [0.25, 0.3) is 33.1 Å². The molecule has 0 unspecified atom stereocenters. The van der Waals surface area contributed by atoms with E-state index in [4.69, 9.17) is 9.05 Å². The van der Waals surface area contributed by atoms with Gasteiger partial charge in [-0.15, -0.1) is 0 Å². The molecule has 4 aromatic heterocycles. The van der Waals surface area contributed by atoms with Gasteiger partial charge in [0.15, 0.2) is 0 Å². The summed E-state index contributed by atoms with van der Waals surface area (Å²) in [6, 6.07) is 32.2. The molecule has 2 N–H and O–H groups in total. The van der Waals surface area contributed by atoms with Gasteiger partial charge in [-0.3, -0.25) is 9.59 Å². The van der Waals surface area contributed by atoms with E-state index in [2.05, 4.69) is 92.5 Å². The van der Waals surface area contributed by atoms with E-state index in [1.54, 1.807) is 13.0 Å². The third-order valence-corrected chi connectivity index (χ3v) is 9.14. The average Bonchev–Trinajstić information content (AvgIpc) is 3.94. The van der Waals surface area contributed by atoms with Crippen molar-refractivity contribution in [1.82, 2.24) is 19.4 Å². The molecule has 0 aliphatic rings. The standard InChI is InChI=1S/C41H34N6O4/c1-25-8-12-28(13-9-25)20-46-22-35(31-6-4-5-7-37(31)46)43-41(49)39-19-34(45-51-39)30-16-17-38-32(18-30)36(42-40(48)33-24-50-44-27(33)3)23-47(38)21-29-14-10-26(2)11-15-29/h4-19,22-24H,20-21H2,1-3H3,(H,42,48)(H,43,49). The highest BCUT2D eigenvalue weighted by Crippen LogP contribution is 2.33. The van der Waals surface area contributed by atoms with E-state index in [0.717, 1.165) is 38.5 Å². The second-order valence-electron chi connectivity index (χ2n) is 12.9. The lowest BCUT2D eigenvalue weighted by atomic mass is 10.1. The van der Waals surface area contributed by atoms with E-state index in [0.29, 0.717) is 41.4 Å². The molecule has 0 spiro atoms. The van der Waals surface area contributed by atoms with E-state index in [-0.39, 0.29) is 11.7 Å². The molecule has 10 heteroatoms. The summed E-state index contributed by atoms with van der Waals surface area (Å²) in [6.07, 6.45) is 5.21. The van der Waals surface area contributed by atoms with E-state index in [9.17, 15) is 9.59 Å². The lowest BCUT2D eigenvalue weighted by molar-refractivity contribution is 0.0986. The minimum atomic E-state index is -0.408. The Morgan fingerprint density at radius 1 is 0.667 bits per heavy atom. The van der Waals surface area contributed by atoms with Crippen LogP contribution >= 0.6 is 0 Å². The topological polar surface area (TPSA) is 120 Å². The molecule has 4 aromatic carbocycles. The number of aryl methyl sites for hydroxylation is 3. The molecule has 8 aromatic rings. The lowest BCUT2D eigenvalue weighted by Gasteiger charge is -2.06. The fraction of sp³-hybridized carbons (Fsp3) is 0.122. The molecule has 0 bridgehead atoms. The van der Waals surface area contributed by atoms with Gasteiger partial charge in [0.05, 0.1) is 28.1 Å². The Labute approximate surface area is 293 Å². The number of amides is 2. The Morgan fingerprint density at radius 2 is 1.27 bits per heavy atom. The summed E-state index contributed by atoms with van der Waals surface area (Å²) >= 11 is 0. The first-order valence-electron chi connectivity index (χ1n) is 16.6. The molecular formula is C41H34N6O4. The van der Waals surface area contributed by atoms with Gasteiger partial charge < -0.3 is 28.8 Å². The van der Waals surface area contributed by atoms with Crippen molar-refractivity contribution in [1.29, 1.82) is 0 Å². The monoisotopic (exact) mass is 674 g/mol. The minimum Gasteiger partial charge on any atom is -0.364 e. The second-order valence-corrected chi connectivity index (χ2v) is 12.9. The summed E-state index contributed by atoms with van der Waals surface area (Å²) in [6.45, 7) is 7.12. The number of carbonyl (C=O) groups is 2. The molecule has 0 atom stereocenters. The van der Waals surface area contributed by atoms with Gasteiger partial charge >= 0.3 is 0 Å². The predicted octanol–water partition coefficient (Wildman–Crippen LogP) is 8.77. The van der Waals surface area contributed by atoms with Crippen LogP contribution in [-0.4, -0.2) is 31.3 Å². The van der Waals surface area contributed by atoms with Gasteiger partial charge in [-0.1, -0.05) is 94.2 Å². The summed E-state index contributed by atoms with van der Waals surface area (Å²) in [4.78, 5) is 26.7. The smallest absolute Gasteiger partial charge is 0.294 e. The molecule has 252 valence electrons. The SMILES string of the molecule is Cc1ccc(Cn2cc(NC(=O)c3cc(-c4ccc5c(c4)c(NC(=O)c4conc4C)cn5Cc4ccc(C)cc4)no3)c3ccccc32)cc1. The van der Waals surface area contributed by atoms with E-state index < -0.39 is 5.91 Å². The highest BCUT2D eigenvalue weighted by atomic mass is 16.5. The van der Waals surface area contributed by atoms with Gasteiger partial charge in [0.25, 0.3) is 11.8 Å². The summed E-state index contributed by atoms with van der Waals surface area (Å²) in [5, 5.41) is 15.9. The van der Waals surface area contributed by atoms with Crippen LogP contribution in [0.2, 0.25) is 0 Å². The van der Waals surface area contributed by atoms with Crippen LogP contribution in [0.4, 0.5) is 11.4 Å². The Bertz CT molecular complexity index is 2550. The number of benzene rings is 4. The first-order chi connectivity index (χ1) is 24.8. The third-order valence-electron chi connectivity index (χ3n) is 9.14. The summed E-state index contributed by atoms with van der Waals surface area (Å²) in [7, 11) is 0. The zero-order chi connectivity index (χ0) is 35.1. The summed E-state index contributed by atoms with van der Waals surface area (Å²) < 4.78 is 14.8. The van der Waals surface area contributed by atoms with Crippen LogP contribution in [0.1, 0.15) is 48.9 Å². The van der Waals surface area contributed by atoms with Crippen molar-refractivity contribution >= 4 is 45.0 Å². The van der Waals surface area contributed by atoms with Crippen molar-refractivity contribution in [3.05, 3.63) is 155 Å².